The predicted octanol–water partition coefficient (Wildman–Crippen LogP) is 8.60. The fourth-order valence-electron chi connectivity index (χ4n) is 7.20. The van der Waals surface area contributed by atoms with Crippen LogP contribution in [0.3, 0.4) is 0 Å². The zero-order chi connectivity index (χ0) is 25.9. The monoisotopic (exact) mass is 525 g/mol. The number of anilines is 2. The zero-order valence-electron chi connectivity index (χ0n) is 21.4. The SMILES string of the molecule is c1cnc2c(c1)B1N(c3ccc(-c4cccc5c4sc4ccccc45)cc3-2)c2cccc3c4ccccc4n1c23. The van der Waals surface area contributed by atoms with Gasteiger partial charge in [0.05, 0.1) is 16.9 Å². The average Bonchev–Trinajstić information content (AvgIpc) is 3.68. The number of hydrogen-bond acceptors (Lipinski definition) is 3. The summed E-state index contributed by atoms with van der Waals surface area (Å²) in [6, 6.07) is 42.3. The quantitative estimate of drug-likeness (QED) is 0.200. The van der Waals surface area contributed by atoms with E-state index in [1.165, 1.54) is 75.5 Å². The first-order valence-corrected chi connectivity index (χ1v) is 14.5. The van der Waals surface area contributed by atoms with Crippen molar-refractivity contribution in [2.75, 3.05) is 4.81 Å². The molecule has 8 aromatic rings. The molecule has 0 atom stereocenters. The van der Waals surface area contributed by atoms with Crippen molar-refractivity contribution in [3.8, 4) is 22.4 Å². The van der Waals surface area contributed by atoms with Crippen LogP contribution >= 0.6 is 11.3 Å². The minimum Gasteiger partial charge on any atom is -0.359 e. The van der Waals surface area contributed by atoms with Crippen LogP contribution < -0.4 is 10.3 Å². The standard InChI is InChI=1S/C35H20BN3S/c1-3-14-29-23(8-1)25-11-6-15-31-34(25)39(29)36-28-13-7-19-37-33(28)27-20-21(17-18-30(27)38(31)36)22-10-5-12-26-24-9-2-4-16-32(24)40-35(22)26/h1-20H. The Bertz CT molecular complexity index is 2370. The van der Waals surface area contributed by atoms with E-state index in [9.17, 15) is 0 Å². The second kappa shape index (κ2) is 7.41. The van der Waals surface area contributed by atoms with E-state index in [2.05, 4.69) is 125 Å². The minimum absolute atomic E-state index is 0.0351. The summed E-state index contributed by atoms with van der Waals surface area (Å²) >= 11 is 1.88. The summed E-state index contributed by atoms with van der Waals surface area (Å²) in [7, 11) is 0. The van der Waals surface area contributed by atoms with Crippen LogP contribution in [-0.4, -0.2) is 16.4 Å². The van der Waals surface area contributed by atoms with Gasteiger partial charge in [-0.05, 0) is 53.0 Å². The molecule has 2 aliphatic heterocycles. The number of nitrogens with zero attached hydrogens (tertiary/aromatic N) is 3. The predicted molar refractivity (Wildman–Crippen MR) is 170 cm³/mol. The Kier molecular flexibility index (Phi) is 3.89. The molecule has 3 nitrogen and oxygen atoms in total. The zero-order valence-corrected chi connectivity index (χ0v) is 22.2. The molecule has 0 spiro atoms. The lowest BCUT2D eigenvalue weighted by Crippen LogP contribution is -2.51. The van der Waals surface area contributed by atoms with E-state index in [1.807, 2.05) is 17.5 Å². The fraction of sp³-hybridized carbons (Fsp3) is 0. The summed E-state index contributed by atoms with van der Waals surface area (Å²) < 4.78 is 5.19. The molecule has 3 aromatic heterocycles. The maximum Gasteiger partial charge on any atom is 0.423 e. The highest BCUT2D eigenvalue weighted by Gasteiger charge is 2.45. The summed E-state index contributed by atoms with van der Waals surface area (Å²) in [5, 5.41) is 5.27. The number of pyridine rings is 1. The van der Waals surface area contributed by atoms with Gasteiger partial charge in [-0.2, -0.15) is 0 Å². The van der Waals surface area contributed by atoms with E-state index in [0.29, 0.717) is 0 Å². The third kappa shape index (κ3) is 2.49. The Morgan fingerprint density at radius 3 is 2.42 bits per heavy atom. The van der Waals surface area contributed by atoms with Crippen molar-refractivity contribution >= 4 is 77.1 Å². The lowest BCUT2D eigenvalue weighted by molar-refractivity contribution is 1.26. The molecule has 0 saturated heterocycles. The topological polar surface area (TPSA) is 21.1 Å². The number of para-hydroxylation sites is 2. The largest absolute Gasteiger partial charge is 0.423 e. The molecule has 5 heterocycles. The molecule has 0 aliphatic carbocycles. The van der Waals surface area contributed by atoms with E-state index in [1.54, 1.807) is 0 Å². The smallest absolute Gasteiger partial charge is 0.359 e. The van der Waals surface area contributed by atoms with Gasteiger partial charge >= 0.3 is 6.98 Å². The Balaban J connectivity index is 1.26. The Morgan fingerprint density at radius 2 is 1.45 bits per heavy atom. The van der Waals surface area contributed by atoms with Crippen LogP contribution in [-0.2, 0) is 0 Å². The van der Waals surface area contributed by atoms with Crippen molar-refractivity contribution in [1.82, 2.24) is 9.46 Å². The van der Waals surface area contributed by atoms with E-state index in [0.717, 1.165) is 5.69 Å². The van der Waals surface area contributed by atoms with Crippen molar-refractivity contribution in [3.63, 3.8) is 0 Å². The molecule has 5 heteroatoms. The van der Waals surface area contributed by atoms with Gasteiger partial charge in [0.1, 0.15) is 0 Å². The molecule has 0 bridgehead atoms. The van der Waals surface area contributed by atoms with Gasteiger partial charge < -0.3 is 9.29 Å². The van der Waals surface area contributed by atoms with Crippen LogP contribution in [0, 0.1) is 0 Å². The number of benzene rings is 5. The normalized spacial score (nSPS) is 13.4. The highest BCUT2D eigenvalue weighted by atomic mass is 32.1. The van der Waals surface area contributed by atoms with Gasteiger partial charge in [-0.25, -0.2) is 0 Å². The van der Waals surface area contributed by atoms with Crippen LogP contribution in [0.5, 0.6) is 0 Å². The van der Waals surface area contributed by atoms with Gasteiger partial charge in [0, 0.05) is 53.9 Å². The second-order valence-corrected chi connectivity index (χ2v) is 11.8. The second-order valence-electron chi connectivity index (χ2n) is 10.8. The van der Waals surface area contributed by atoms with Gasteiger partial charge in [0.15, 0.2) is 0 Å². The minimum atomic E-state index is 0.0351. The van der Waals surface area contributed by atoms with Crippen molar-refractivity contribution in [3.05, 3.63) is 121 Å². The van der Waals surface area contributed by atoms with Gasteiger partial charge in [-0.3, -0.25) is 4.98 Å². The van der Waals surface area contributed by atoms with E-state index < -0.39 is 0 Å². The molecule has 0 fully saturated rings. The fourth-order valence-corrected chi connectivity index (χ4v) is 8.44. The first-order valence-electron chi connectivity index (χ1n) is 13.7. The lowest BCUT2D eigenvalue weighted by Gasteiger charge is -2.34. The molecule has 0 N–H and O–H groups in total. The molecule has 0 amide bonds. The van der Waals surface area contributed by atoms with Crippen LogP contribution in [0.2, 0.25) is 0 Å². The summed E-state index contributed by atoms with van der Waals surface area (Å²) in [6.07, 6.45) is 1.93. The van der Waals surface area contributed by atoms with Crippen molar-refractivity contribution in [1.29, 1.82) is 0 Å². The third-order valence-corrected chi connectivity index (χ3v) is 10.0. The van der Waals surface area contributed by atoms with Gasteiger partial charge in [-0.1, -0.05) is 78.9 Å². The van der Waals surface area contributed by atoms with Gasteiger partial charge in [0.2, 0.25) is 0 Å². The molecule has 5 aromatic carbocycles. The number of fused-ring (bicyclic) bond motifs is 14. The Hall–Kier alpha value is -4.87. The van der Waals surface area contributed by atoms with Gasteiger partial charge in [0.25, 0.3) is 0 Å². The van der Waals surface area contributed by atoms with Crippen LogP contribution in [0.25, 0.3) is 64.4 Å². The molecule has 0 radical (unpaired) electrons. The molecule has 10 rings (SSSR count). The number of hydrogen-bond donors (Lipinski definition) is 0. The molecule has 40 heavy (non-hydrogen) atoms. The number of rotatable bonds is 1. The van der Waals surface area contributed by atoms with Crippen LogP contribution in [0.4, 0.5) is 11.4 Å². The molecule has 0 unspecified atom stereocenters. The maximum absolute atomic E-state index is 5.01. The van der Waals surface area contributed by atoms with Crippen LogP contribution in [0.15, 0.2) is 121 Å². The van der Waals surface area contributed by atoms with E-state index in [4.69, 9.17) is 4.98 Å². The highest BCUT2D eigenvalue weighted by Crippen LogP contribution is 2.50. The van der Waals surface area contributed by atoms with Crippen molar-refractivity contribution < 1.29 is 0 Å². The van der Waals surface area contributed by atoms with Gasteiger partial charge in [-0.15, -0.1) is 11.3 Å². The first-order chi connectivity index (χ1) is 19.9. The molecular weight excluding hydrogens is 505 g/mol. The Labute approximate surface area is 234 Å². The molecule has 184 valence electrons. The number of thiophene rings is 1. The summed E-state index contributed by atoms with van der Waals surface area (Å²) in [5.41, 5.74) is 11.1. The van der Waals surface area contributed by atoms with Crippen LogP contribution in [0.1, 0.15) is 0 Å². The first kappa shape index (κ1) is 21.0. The summed E-state index contributed by atoms with van der Waals surface area (Å²) in [5.74, 6) is 0. The summed E-state index contributed by atoms with van der Waals surface area (Å²) in [4.78, 5) is 7.53. The van der Waals surface area contributed by atoms with E-state index >= 15 is 0 Å². The molecular formula is C35H20BN3S. The highest BCUT2D eigenvalue weighted by molar-refractivity contribution is 7.26. The van der Waals surface area contributed by atoms with Crippen molar-refractivity contribution in [2.24, 2.45) is 0 Å². The maximum atomic E-state index is 5.01. The van der Waals surface area contributed by atoms with E-state index in [-0.39, 0.29) is 6.98 Å². The Morgan fingerprint density at radius 1 is 0.625 bits per heavy atom. The molecule has 0 saturated carbocycles. The van der Waals surface area contributed by atoms with Crippen molar-refractivity contribution in [2.45, 2.75) is 0 Å². The average molecular weight is 525 g/mol. The third-order valence-electron chi connectivity index (χ3n) is 8.80. The number of aromatic nitrogens is 2. The summed E-state index contributed by atoms with van der Waals surface area (Å²) in [6.45, 7) is 0.0351. The lowest BCUT2D eigenvalue weighted by atomic mass is 9.61. The molecule has 2 aliphatic rings.